The molecule has 0 heterocycles. The van der Waals surface area contributed by atoms with Gasteiger partial charge < -0.3 is 16.0 Å². The number of carbonyl (C=O) groups excluding carboxylic acids is 1. The van der Waals surface area contributed by atoms with Crippen molar-refractivity contribution in [1.29, 1.82) is 0 Å². The van der Waals surface area contributed by atoms with Crippen LogP contribution >= 0.6 is 0 Å². The molecule has 0 aliphatic carbocycles. The fraction of sp³-hybridized carbons (Fsp3) is 0.417. The number of anilines is 1. The molecule has 10 heteroatoms. The van der Waals surface area contributed by atoms with Gasteiger partial charge in [0, 0.05) is 19.2 Å². The first-order valence-electron chi connectivity index (χ1n) is 6.26. The Morgan fingerprint density at radius 3 is 2.55 bits per heavy atom. The van der Waals surface area contributed by atoms with Gasteiger partial charge in [0.25, 0.3) is 5.69 Å². The van der Waals surface area contributed by atoms with E-state index in [-0.39, 0.29) is 31.2 Å². The lowest BCUT2D eigenvalue weighted by molar-refractivity contribution is -0.384. The lowest BCUT2D eigenvalue weighted by Crippen LogP contribution is -2.35. The molecule has 0 unspecified atom stereocenters. The normalized spacial score (nSPS) is 11.1. The lowest BCUT2D eigenvalue weighted by Gasteiger charge is -2.11. The maximum atomic E-state index is 12.5. The fourth-order valence-electron chi connectivity index (χ4n) is 1.63. The summed E-state index contributed by atoms with van der Waals surface area (Å²) in [6.45, 7) is 0.445. The molecule has 1 aromatic rings. The third-order valence-electron chi connectivity index (χ3n) is 2.62. The van der Waals surface area contributed by atoms with Crippen LogP contribution in [0.2, 0.25) is 0 Å². The Morgan fingerprint density at radius 1 is 1.32 bits per heavy atom. The van der Waals surface area contributed by atoms with E-state index in [1.54, 1.807) is 7.05 Å². The molecule has 7 nitrogen and oxygen atoms in total. The van der Waals surface area contributed by atoms with Gasteiger partial charge in [0.2, 0.25) is 5.91 Å². The van der Waals surface area contributed by atoms with Gasteiger partial charge >= 0.3 is 6.18 Å². The van der Waals surface area contributed by atoms with Gasteiger partial charge in [0.05, 0.1) is 17.0 Å². The zero-order valence-corrected chi connectivity index (χ0v) is 11.7. The Labute approximate surface area is 124 Å². The highest BCUT2D eigenvalue weighted by Gasteiger charge is 2.32. The van der Waals surface area contributed by atoms with Crippen molar-refractivity contribution in [3.05, 3.63) is 33.9 Å². The second kappa shape index (κ2) is 7.59. The highest BCUT2D eigenvalue weighted by atomic mass is 19.4. The highest BCUT2D eigenvalue weighted by molar-refractivity contribution is 5.78. The predicted molar refractivity (Wildman–Crippen MR) is 73.5 cm³/mol. The van der Waals surface area contributed by atoms with E-state index >= 15 is 0 Å². The van der Waals surface area contributed by atoms with Crippen LogP contribution in [0.15, 0.2) is 18.2 Å². The number of hydrogen-bond acceptors (Lipinski definition) is 5. The van der Waals surface area contributed by atoms with E-state index in [9.17, 15) is 28.1 Å². The molecule has 22 heavy (non-hydrogen) atoms. The molecule has 1 rings (SSSR count). The van der Waals surface area contributed by atoms with Gasteiger partial charge in [-0.2, -0.15) is 13.2 Å². The van der Waals surface area contributed by atoms with Crippen molar-refractivity contribution in [2.75, 3.05) is 32.0 Å². The van der Waals surface area contributed by atoms with E-state index in [2.05, 4.69) is 16.0 Å². The van der Waals surface area contributed by atoms with Crippen LogP contribution in [-0.2, 0) is 11.0 Å². The van der Waals surface area contributed by atoms with E-state index in [4.69, 9.17) is 0 Å². The van der Waals surface area contributed by atoms with E-state index in [1.165, 1.54) is 0 Å². The molecule has 0 bridgehead atoms. The largest absolute Gasteiger partial charge is 0.416 e. The number of nitrogens with one attached hydrogen (secondary N) is 3. The van der Waals surface area contributed by atoms with Crippen molar-refractivity contribution >= 4 is 17.3 Å². The van der Waals surface area contributed by atoms with Gasteiger partial charge in [-0.1, -0.05) is 0 Å². The minimum atomic E-state index is -4.65. The van der Waals surface area contributed by atoms with Crippen LogP contribution in [-0.4, -0.2) is 37.5 Å². The third kappa shape index (κ3) is 5.20. The lowest BCUT2D eigenvalue weighted by atomic mass is 10.1. The van der Waals surface area contributed by atoms with Crippen LogP contribution in [0, 0.1) is 10.1 Å². The number of halogens is 3. The maximum absolute atomic E-state index is 12.5. The van der Waals surface area contributed by atoms with Crippen molar-refractivity contribution in [3.8, 4) is 0 Å². The Bertz CT molecular complexity index is 549. The number of rotatable bonds is 7. The number of carbonyl (C=O) groups is 1. The number of nitro groups is 1. The van der Waals surface area contributed by atoms with E-state index in [0.717, 1.165) is 12.1 Å². The van der Waals surface area contributed by atoms with E-state index in [0.29, 0.717) is 6.07 Å². The number of nitro benzene ring substituents is 1. The quantitative estimate of drug-likeness (QED) is 0.400. The molecule has 0 aliphatic heterocycles. The summed E-state index contributed by atoms with van der Waals surface area (Å²) < 4.78 is 37.6. The second-order valence-electron chi connectivity index (χ2n) is 4.29. The summed E-state index contributed by atoms with van der Waals surface area (Å²) in [4.78, 5) is 21.1. The monoisotopic (exact) mass is 320 g/mol. The van der Waals surface area contributed by atoms with Gasteiger partial charge in [-0.25, -0.2) is 0 Å². The average Bonchev–Trinajstić information content (AvgIpc) is 2.42. The molecule has 0 aromatic heterocycles. The number of amides is 1. The average molecular weight is 320 g/mol. The number of likely N-dealkylation sites (N-methyl/N-ethyl adjacent to an activating group) is 1. The Morgan fingerprint density at radius 2 is 2.00 bits per heavy atom. The van der Waals surface area contributed by atoms with E-state index in [1.807, 2.05) is 0 Å². The topological polar surface area (TPSA) is 96.3 Å². The number of hydrogen-bond donors (Lipinski definition) is 3. The third-order valence-corrected chi connectivity index (χ3v) is 2.62. The number of nitrogens with zero attached hydrogens (tertiary/aromatic N) is 1. The summed E-state index contributed by atoms with van der Waals surface area (Å²) in [5, 5.41) is 18.6. The van der Waals surface area contributed by atoms with Crippen LogP contribution in [0.5, 0.6) is 0 Å². The Hall–Kier alpha value is -2.36. The number of alkyl halides is 3. The molecule has 1 aromatic carbocycles. The standard InChI is InChI=1S/C12H15F3N4O3/c1-16-7-11(20)18-5-4-17-9-3-2-8(12(13,14)15)6-10(9)19(21)22/h2-3,6,16-17H,4-5,7H2,1H3,(H,18,20). The molecule has 0 fully saturated rings. The summed E-state index contributed by atoms with van der Waals surface area (Å²) in [5.74, 6) is -0.258. The summed E-state index contributed by atoms with van der Waals surface area (Å²) in [7, 11) is 1.60. The summed E-state index contributed by atoms with van der Waals surface area (Å²) in [6.07, 6.45) is -4.65. The Balaban J connectivity index is 2.70. The number of benzene rings is 1. The summed E-state index contributed by atoms with van der Waals surface area (Å²) in [5.41, 5.74) is -1.80. The maximum Gasteiger partial charge on any atom is 0.416 e. The first kappa shape index (κ1) is 17.7. The van der Waals surface area contributed by atoms with Crippen molar-refractivity contribution in [2.45, 2.75) is 6.18 Å². The van der Waals surface area contributed by atoms with Crippen molar-refractivity contribution in [2.24, 2.45) is 0 Å². The molecular weight excluding hydrogens is 305 g/mol. The first-order chi connectivity index (χ1) is 10.3. The zero-order chi connectivity index (χ0) is 16.8. The minimum absolute atomic E-state index is 0.0409. The van der Waals surface area contributed by atoms with Gasteiger partial charge in [-0.3, -0.25) is 14.9 Å². The molecule has 0 atom stereocenters. The van der Waals surface area contributed by atoms with Crippen LogP contribution in [0.1, 0.15) is 5.56 Å². The molecular formula is C12H15F3N4O3. The van der Waals surface area contributed by atoms with Gasteiger partial charge in [-0.05, 0) is 19.2 Å². The van der Waals surface area contributed by atoms with Crippen molar-refractivity contribution < 1.29 is 22.9 Å². The SMILES string of the molecule is CNCC(=O)NCCNc1ccc(C(F)(F)F)cc1[N+](=O)[O-]. The van der Waals surface area contributed by atoms with Crippen LogP contribution < -0.4 is 16.0 Å². The predicted octanol–water partition coefficient (Wildman–Crippen LogP) is 1.36. The van der Waals surface area contributed by atoms with Gasteiger partial charge in [0.1, 0.15) is 5.69 Å². The molecule has 0 aliphatic rings. The van der Waals surface area contributed by atoms with Gasteiger partial charge in [0.15, 0.2) is 0 Å². The fourth-order valence-corrected chi connectivity index (χ4v) is 1.63. The Kier molecular flexibility index (Phi) is 6.11. The minimum Gasteiger partial charge on any atom is -0.378 e. The second-order valence-corrected chi connectivity index (χ2v) is 4.29. The molecule has 3 N–H and O–H groups in total. The summed E-state index contributed by atoms with van der Waals surface area (Å²) >= 11 is 0. The van der Waals surface area contributed by atoms with Crippen LogP contribution in [0.3, 0.4) is 0 Å². The van der Waals surface area contributed by atoms with E-state index < -0.39 is 22.4 Å². The zero-order valence-electron chi connectivity index (χ0n) is 11.7. The molecule has 1 amide bonds. The molecule has 0 radical (unpaired) electrons. The van der Waals surface area contributed by atoms with Crippen LogP contribution in [0.25, 0.3) is 0 Å². The van der Waals surface area contributed by atoms with Crippen molar-refractivity contribution in [1.82, 2.24) is 10.6 Å². The van der Waals surface area contributed by atoms with Crippen molar-refractivity contribution in [3.63, 3.8) is 0 Å². The van der Waals surface area contributed by atoms with Crippen LogP contribution in [0.4, 0.5) is 24.5 Å². The molecule has 0 saturated heterocycles. The smallest absolute Gasteiger partial charge is 0.378 e. The first-order valence-corrected chi connectivity index (χ1v) is 6.26. The highest BCUT2D eigenvalue weighted by Crippen LogP contribution is 2.34. The molecule has 0 spiro atoms. The molecule has 0 saturated carbocycles. The summed E-state index contributed by atoms with van der Waals surface area (Å²) in [6, 6.07) is 2.23. The molecule has 122 valence electrons. The van der Waals surface area contributed by atoms with Gasteiger partial charge in [-0.15, -0.1) is 0 Å².